The first-order valence-electron chi connectivity index (χ1n) is 13.1. The number of ether oxygens (including phenoxy) is 1. The first-order chi connectivity index (χ1) is 18.5. The van der Waals surface area contributed by atoms with Crippen LogP contribution in [0.15, 0.2) is 72.8 Å². The Hall–Kier alpha value is -4.33. The molecule has 8 nitrogen and oxygen atoms in total. The standard InChI is InChI=1S/C30H32N4O4/c1-2-3-10-27-32-25-16-13-23(33-18-7-17-31-30(33)37)19-26(25)34(27)20-21-11-14-24(15-12-21)38-28(29(35)36)22-8-5-4-6-9-22/h4-6,8-9,11-16,19,28H,2-3,7,10,17-18,20H2,1H3,(H,31,37)(H,35,36). The van der Waals surface area contributed by atoms with Crippen molar-refractivity contribution in [3.8, 4) is 5.75 Å². The van der Waals surface area contributed by atoms with Gasteiger partial charge in [-0.05, 0) is 48.7 Å². The van der Waals surface area contributed by atoms with Gasteiger partial charge in [-0.15, -0.1) is 0 Å². The van der Waals surface area contributed by atoms with Crippen LogP contribution in [-0.2, 0) is 17.8 Å². The molecular weight excluding hydrogens is 480 g/mol. The Morgan fingerprint density at radius 1 is 1.11 bits per heavy atom. The number of imidazole rings is 1. The van der Waals surface area contributed by atoms with Crippen LogP contribution in [0.1, 0.15) is 49.2 Å². The van der Waals surface area contributed by atoms with E-state index >= 15 is 0 Å². The van der Waals surface area contributed by atoms with Gasteiger partial charge in [0.1, 0.15) is 11.6 Å². The van der Waals surface area contributed by atoms with Crippen molar-refractivity contribution < 1.29 is 19.4 Å². The summed E-state index contributed by atoms with van der Waals surface area (Å²) < 4.78 is 8.05. The highest BCUT2D eigenvalue weighted by Gasteiger charge is 2.22. The van der Waals surface area contributed by atoms with Crippen molar-refractivity contribution in [1.29, 1.82) is 0 Å². The number of unbranched alkanes of at least 4 members (excludes halogenated alkanes) is 1. The van der Waals surface area contributed by atoms with Crippen LogP contribution in [-0.4, -0.2) is 39.7 Å². The molecule has 5 rings (SSSR count). The minimum absolute atomic E-state index is 0.0707. The lowest BCUT2D eigenvalue weighted by Gasteiger charge is -2.27. The van der Waals surface area contributed by atoms with Crippen molar-refractivity contribution in [2.75, 3.05) is 18.0 Å². The second kappa shape index (κ2) is 11.4. The zero-order chi connectivity index (χ0) is 26.5. The molecule has 0 radical (unpaired) electrons. The number of hydrogen-bond acceptors (Lipinski definition) is 4. The molecule has 3 aromatic carbocycles. The summed E-state index contributed by atoms with van der Waals surface area (Å²) in [7, 11) is 0. The summed E-state index contributed by atoms with van der Waals surface area (Å²) in [6.45, 7) is 4.16. The molecule has 1 aliphatic heterocycles. The topological polar surface area (TPSA) is 96.7 Å². The zero-order valence-electron chi connectivity index (χ0n) is 21.5. The molecule has 8 heteroatoms. The largest absolute Gasteiger partial charge is 0.478 e. The fourth-order valence-corrected chi connectivity index (χ4v) is 4.79. The van der Waals surface area contributed by atoms with Gasteiger partial charge in [-0.3, -0.25) is 4.90 Å². The number of aryl methyl sites for hydroxylation is 1. The number of hydrogen-bond donors (Lipinski definition) is 2. The van der Waals surface area contributed by atoms with Crippen molar-refractivity contribution in [3.05, 3.63) is 89.7 Å². The van der Waals surface area contributed by atoms with E-state index in [1.165, 1.54) is 0 Å². The van der Waals surface area contributed by atoms with Gasteiger partial charge in [0, 0.05) is 37.3 Å². The molecule has 1 aromatic heterocycles. The van der Waals surface area contributed by atoms with Gasteiger partial charge in [-0.25, -0.2) is 14.6 Å². The Morgan fingerprint density at radius 3 is 2.61 bits per heavy atom. The van der Waals surface area contributed by atoms with E-state index in [4.69, 9.17) is 9.72 Å². The number of benzene rings is 3. The Morgan fingerprint density at radius 2 is 1.89 bits per heavy atom. The Balaban J connectivity index is 1.41. The van der Waals surface area contributed by atoms with E-state index in [2.05, 4.69) is 22.9 Å². The van der Waals surface area contributed by atoms with Crippen molar-refractivity contribution in [1.82, 2.24) is 14.9 Å². The predicted molar refractivity (Wildman–Crippen MR) is 147 cm³/mol. The quantitative estimate of drug-likeness (QED) is 0.290. The molecule has 2 N–H and O–H groups in total. The number of nitrogens with zero attached hydrogens (tertiary/aromatic N) is 3. The minimum Gasteiger partial charge on any atom is -0.478 e. The first kappa shape index (κ1) is 25.3. The van der Waals surface area contributed by atoms with E-state index in [-0.39, 0.29) is 6.03 Å². The maximum absolute atomic E-state index is 12.4. The number of carbonyl (C=O) groups is 2. The maximum Gasteiger partial charge on any atom is 0.349 e. The number of rotatable bonds is 10. The normalized spacial score (nSPS) is 14.3. The third-order valence-corrected chi connectivity index (χ3v) is 6.80. The number of carboxylic acids is 1. The number of anilines is 1. The van der Waals surface area contributed by atoms with E-state index in [0.717, 1.165) is 53.8 Å². The third kappa shape index (κ3) is 5.49. The molecule has 1 atom stereocenters. The number of carboxylic acid groups (broad SMARTS) is 1. The van der Waals surface area contributed by atoms with Gasteiger partial charge in [-0.2, -0.15) is 0 Å². The highest BCUT2D eigenvalue weighted by molar-refractivity contribution is 5.95. The summed E-state index contributed by atoms with van der Waals surface area (Å²) in [6.07, 6.45) is 2.80. The highest BCUT2D eigenvalue weighted by atomic mass is 16.5. The van der Waals surface area contributed by atoms with Crippen molar-refractivity contribution in [3.63, 3.8) is 0 Å². The van der Waals surface area contributed by atoms with Crippen LogP contribution in [0.2, 0.25) is 0 Å². The Labute approximate surface area is 221 Å². The molecule has 1 aliphatic rings. The van der Waals surface area contributed by atoms with E-state index < -0.39 is 12.1 Å². The summed E-state index contributed by atoms with van der Waals surface area (Å²) in [4.78, 5) is 31.0. The lowest BCUT2D eigenvalue weighted by molar-refractivity contribution is -0.145. The second-order valence-electron chi connectivity index (χ2n) is 9.52. The fourth-order valence-electron chi connectivity index (χ4n) is 4.79. The summed E-state index contributed by atoms with van der Waals surface area (Å²) in [5.74, 6) is 0.464. The van der Waals surface area contributed by atoms with Crippen LogP contribution in [0.5, 0.6) is 5.75 Å². The van der Waals surface area contributed by atoms with E-state index in [9.17, 15) is 14.7 Å². The molecule has 4 aromatic rings. The average Bonchev–Trinajstić information content (AvgIpc) is 3.28. The van der Waals surface area contributed by atoms with Crippen LogP contribution in [0.4, 0.5) is 10.5 Å². The van der Waals surface area contributed by atoms with E-state index in [0.29, 0.717) is 30.9 Å². The second-order valence-corrected chi connectivity index (χ2v) is 9.52. The van der Waals surface area contributed by atoms with Gasteiger partial charge in [0.25, 0.3) is 0 Å². The lowest BCUT2D eigenvalue weighted by atomic mass is 10.1. The van der Waals surface area contributed by atoms with Crippen molar-refractivity contribution in [2.24, 2.45) is 0 Å². The lowest BCUT2D eigenvalue weighted by Crippen LogP contribution is -2.46. The molecule has 1 saturated heterocycles. The number of fused-ring (bicyclic) bond motifs is 1. The third-order valence-electron chi connectivity index (χ3n) is 6.80. The smallest absolute Gasteiger partial charge is 0.349 e. The van der Waals surface area contributed by atoms with Gasteiger partial charge in [0.05, 0.1) is 11.0 Å². The summed E-state index contributed by atoms with van der Waals surface area (Å²) >= 11 is 0. The molecule has 0 spiro atoms. The molecule has 0 bridgehead atoms. The summed E-state index contributed by atoms with van der Waals surface area (Å²) in [5, 5.41) is 12.6. The molecule has 1 unspecified atom stereocenters. The van der Waals surface area contributed by atoms with Gasteiger partial charge in [0.15, 0.2) is 0 Å². The fraction of sp³-hybridized carbons (Fsp3) is 0.300. The van der Waals surface area contributed by atoms with Crippen molar-refractivity contribution in [2.45, 2.75) is 45.3 Å². The zero-order valence-corrected chi connectivity index (χ0v) is 21.5. The molecule has 0 saturated carbocycles. The van der Waals surface area contributed by atoms with Crippen LogP contribution < -0.4 is 15.0 Å². The van der Waals surface area contributed by atoms with Crippen LogP contribution in [0, 0.1) is 0 Å². The van der Waals surface area contributed by atoms with E-state index in [1.54, 1.807) is 29.2 Å². The van der Waals surface area contributed by atoms with Gasteiger partial charge in [-0.1, -0.05) is 55.8 Å². The summed E-state index contributed by atoms with van der Waals surface area (Å²) in [5.41, 5.74) is 4.39. The average molecular weight is 513 g/mol. The highest BCUT2D eigenvalue weighted by Crippen LogP contribution is 2.27. The van der Waals surface area contributed by atoms with Crippen LogP contribution in [0.3, 0.4) is 0 Å². The molecule has 196 valence electrons. The monoisotopic (exact) mass is 512 g/mol. The van der Waals surface area contributed by atoms with Gasteiger partial charge >= 0.3 is 12.0 Å². The first-order valence-corrected chi connectivity index (χ1v) is 13.1. The molecule has 38 heavy (non-hydrogen) atoms. The van der Waals surface area contributed by atoms with E-state index in [1.807, 2.05) is 42.5 Å². The van der Waals surface area contributed by atoms with Crippen molar-refractivity contribution >= 4 is 28.7 Å². The minimum atomic E-state index is -1.08. The number of carbonyl (C=O) groups excluding carboxylic acids is 1. The predicted octanol–water partition coefficient (Wildman–Crippen LogP) is 5.55. The Bertz CT molecular complexity index is 1420. The van der Waals surface area contributed by atoms with Gasteiger partial charge < -0.3 is 19.7 Å². The molecule has 0 aliphatic carbocycles. The Kier molecular flexibility index (Phi) is 7.58. The molecular formula is C30H32N4O4. The molecule has 1 fully saturated rings. The number of urea groups is 1. The summed E-state index contributed by atoms with van der Waals surface area (Å²) in [6, 6.07) is 22.4. The molecule has 2 heterocycles. The van der Waals surface area contributed by atoms with Gasteiger partial charge in [0.2, 0.25) is 6.10 Å². The van der Waals surface area contributed by atoms with Crippen LogP contribution >= 0.6 is 0 Å². The maximum atomic E-state index is 12.4. The SMILES string of the molecule is CCCCc1nc2ccc(N3CCCNC3=O)cc2n1Cc1ccc(OC(C(=O)O)c2ccccc2)cc1. The number of aromatic nitrogens is 2. The number of amides is 2. The molecule has 2 amide bonds. The number of aliphatic carboxylic acids is 1. The van der Waals surface area contributed by atoms with Crippen LogP contribution in [0.25, 0.3) is 11.0 Å². The number of nitrogens with one attached hydrogen (secondary N) is 1.